The van der Waals surface area contributed by atoms with E-state index < -0.39 is 0 Å². The Kier molecular flexibility index (Phi) is 8.90. The number of nitrogens with one attached hydrogen (secondary N) is 1. The molecule has 0 saturated heterocycles. The monoisotopic (exact) mass is 458 g/mol. The summed E-state index contributed by atoms with van der Waals surface area (Å²) in [5.74, 6) is 0.576. The molecule has 0 aliphatic heterocycles. The highest BCUT2D eigenvalue weighted by atomic mass is 32.1. The second kappa shape index (κ2) is 11.9. The first kappa shape index (κ1) is 23.3. The van der Waals surface area contributed by atoms with Crippen LogP contribution < -0.4 is 14.8 Å². The van der Waals surface area contributed by atoms with Crippen molar-refractivity contribution in [2.24, 2.45) is 0 Å². The zero-order valence-electron chi connectivity index (χ0n) is 17.3. The van der Waals surface area contributed by atoms with Gasteiger partial charge in [-0.2, -0.15) is 17.2 Å². The van der Waals surface area contributed by atoms with Gasteiger partial charge in [0.1, 0.15) is 4.70 Å². The van der Waals surface area contributed by atoms with Crippen LogP contribution in [0.3, 0.4) is 0 Å². The molecule has 1 heterocycles. The SMILES string of the molecule is O=C(C[n+]1c(/C=C/c2ccc(N(CCO)CCO)cc2)sc2ccccc21)NCCS. The number of aromatic nitrogens is 1. The molecule has 1 aromatic heterocycles. The molecule has 0 bridgehead atoms. The maximum atomic E-state index is 12.3. The van der Waals surface area contributed by atoms with Crippen molar-refractivity contribution in [1.82, 2.24) is 5.32 Å². The molecule has 3 rings (SSSR count). The lowest BCUT2D eigenvalue weighted by Gasteiger charge is -2.22. The molecule has 0 atom stereocenters. The standard InChI is InChI=1S/C23H27N3O3S2/c27-14-12-25(13-15-28)19-8-5-18(6-9-19)7-10-23-26(17-22(29)24-11-16-30)20-3-1-2-4-21(20)31-23/h1-10,27-28H,11-17H2,(H-,24,29,30)/p+1. The van der Waals surface area contributed by atoms with Crippen molar-refractivity contribution in [2.75, 3.05) is 43.5 Å². The molecule has 0 aliphatic rings. The molecule has 1 amide bonds. The smallest absolute Gasteiger partial charge is 0.286 e. The van der Waals surface area contributed by atoms with Crippen molar-refractivity contribution in [2.45, 2.75) is 6.54 Å². The number of para-hydroxylation sites is 1. The average molecular weight is 459 g/mol. The minimum atomic E-state index is -0.0329. The van der Waals surface area contributed by atoms with Crippen LogP contribution in [0.15, 0.2) is 48.5 Å². The van der Waals surface area contributed by atoms with Crippen LogP contribution in [0.5, 0.6) is 0 Å². The maximum Gasteiger partial charge on any atom is 0.286 e. The van der Waals surface area contributed by atoms with Gasteiger partial charge in [0.2, 0.25) is 12.1 Å². The normalized spacial score (nSPS) is 11.3. The summed E-state index contributed by atoms with van der Waals surface area (Å²) < 4.78 is 3.16. The Hall–Kier alpha value is -2.39. The lowest BCUT2D eigenvalue weighted by molar-refractivity contribution is -0.655. The van der Waals surface area contributed by atoms with Crippen molar-refractivity contribution in [3.8, 4) is 0 Å². The fourth-order valence-corrected chi connectivity index (χ4v) is 4.49. The molecule has 0 radical (unpaired) electrons. The molecule has 0 unspecified atom stereocenters. The van der Waals surface area contributed by atoms with Gasteiger partial charge in [0.05, 0.1) is 13.2 Å². The van der Waals surface area contributed by atoms with Gasteiger partial charge in [0.15, 0.2) is 0 Å². The molecule has 0 aliphatic carbocycles. The first-order valence-electron chi connectivity index (χ1n) is 10.2. The number of aliphatic hydroxyl groups is 2. The van der Waals surface area contributed by atoms with E-state index in [9.17, 15) is 15.0 Å². The van der Waals surface area contributed by atoms with Gasteiger partial charge in [-0.3, -0.25) is 4.79 Å². The summed E-state index contributed by atoms with van der Waals surface area (Å²) in [5, 5.41) is 22.3. The third kappa shape index (κ3) is 6.30. The number of anilines is 1. The molecule has 0 fully saturated rings. The predicted octanol–water partition coefficient (Wildman–Crippen LogP) is 2.20. The van der Waals surface area contributed by atoms with Crippen LogP contribution in [0.1, 0.15) is 10.6 Å². The number of amides is 1. The highest BCUT2D eigenvalue weighted by Crippen LogP contribution is 2.22. The zero-order chi connectivity index (χ0) is 22.1. The van der Waals surface area contributed by atoms with E-state index in [-0.39, 0.29) is 25.7 Å². The molecule has 164 valence electrons. The minimum Gasteiger partial charge on any atom is -0.395 e. The van der Waals surface area contributed by atoms with Gasteiger partial charge < -0.3 is 20.4 Å². The number of fused-ring (bicyclic) bond motifs is 1. The van der Waals surface area contributed by atoms with E-state index in [0.29, 0.717) is 25.4 Å². The van der Waals surface area contributed by atoms with E-state index >= 15 is 0 Å². The minimum absolute atomic E-state index is 0.0329. The molecule has 3 N–H and O–H groups in total. The van der Waals surface area contributed by atoms with Crippen molar-refractivity contribution >= 4 is 57.9 Å². The third-order valence-corrected chi connectivity index (χ3v) is 6.14. The summed E-state index contributed by atoms with van der Waals surface area (Å²) in [6.07, 6.45) is 4.06. The van der Waals surface area contributed by atoms with E-state index in [1.807, 2.05) is 64.1 Å². The number of rotatable bonds is 11. The van der Waals surface area contributed by atoms with E-state index in [1.54, 1.807) is 11.3 Å². The van der Waals surface area contributed by atoms with E-state index in [1.165, 1.54) is 0 Å². The summed E-state index contributed by atoms with van der Waals surface area (Å²) in [6.45, 7) is 1.84. The molecular weight excluding hydrogens is 430 g/mol. The van der Waals surface area contributed by atoms with Gasteiger partial charge in [-0.25, -0.2) is 0 Å². The molecule has 31 heavy (non-hydrogen) atoms. The first-order valence-corrected chi connectivity index (χ1v) is 11.6. The van der Waals surface area contributed by atoms with E-state index in [0.717, 1.165) is 26.5 Å². The Bertz CT molecular complexity index is 1010. The third-order valence-electron chi connectivity index (χ3n) is 4.79. The molecule has 8 heteroatoms. The fraction of sp³-hybridized carbons (Fsp3) is 0.304. The Morgan fingerprint density at radius 3 is 2.45 bits per heavy atom. The zero-order valence-corrected chi connectivity index (χ0v) is 19.0. The van der Waals surface area contributed by atoms with Crippen LogP contribution in [0.25, 0.3) is 22.4 Å². The van der Waals surface area contributed by atoms with Gasteiger partial charge in [-0.15, -0.1) is 0 Å². The lowest BCUT2D eigenvalue weighted by atomic mass is 10.2. The van der Waals surface area contributed by atoms with Crippen LogP contribution in [-0.4, -0.2) is 54.7 Å². The molecule has 3 aromatic rings. The number of nitrogens with zero attached hydrogens (tertiary/aromatic N) is 2. The first-order chi connectivity index (χ1) is 15.2. The largest absolute Gasteiger partial charge is 0.395 e. The Labute approximate surface area is 191 Å². The number of carbonyl (C=O) groups excluding carboxylic acids is 1. The summed E-state index contributed by atoms with van der Waals surface area (Å²) in [4.78, 5) is 14.3. The van der Waals surface area contributed by atoms with Crippen molar-refractivity contribution in [3.05, 3.63) is 59.1 Å². The van der Waals surface area contributed by atoms with Gasteiger partial charge in [-0.05, 0) is 29.8 Å². The second-order valence-electron chi connectivity index (χ2n) is 6.93. The number of thiol groups is 1. The Morgan fingerprint density at radius 1 is 1.06 bits per heavy atom. The lowest BCUT2D eigenvalue weighted by Crippen LogP contribution is -2.44. The Balaban J connectivity index is 1.82. The van der Waals surface area contributed by atoms with Crippen LogP contribution >= 0.6 is 24.0 Å². The number of hydrogen-bond acceptors (Lipinski definition) is 6. The number of hydrogen-bond donors (Lipinski definition) is 4. The van der Waals surface area contributed by atoms with Gasteiger partial charge >= 0.3 is 0 Å². The quantitative estimate of drug-likeness (QED) is 0.263. The summed E-state index contributed by atoms with van der Waals surface area (Å²) >= 11 is 5.79. The van der Waals surface area contributed by atoms with Gasteiger partial charge in [-0.1, -0.05) is 35.6 Å². The van der Waals surface area contributed by atoms with Gasteiger partial charge in [0.25, 0.3) is 10.9 Å². The highest BCUT2D eigenvalue weighted by Gasteiger charge is 2.21. The summed E-state index contributed by atoms with van der Waals surface area (Å²) in [6, 6.07) is 16.0. The highest BCUT2D eigenvalue weighted by molar-refractivity contribution is 7.80. The van der Waals surface area contributed by atoms with Crippen LogP contribution in [0.2, 0.25) is 0 Å². The number of carbonyl (C=O) groups is 1. The summed E-state index contributed by atoms with van der Waals surface area (Å²) in [5.41, 5.74) is 3.02. The van der Waals surface area contributed by atoms with E-state index in [2.05, 4.69) is 24.0 Å². The molecule has 6 nitrogen and oxygen atoms in total. The Morgan fingerprint density at radius 2 is 1.77 bits per heavy atom. The van der Waals surface area contributed by atoms with E-state index in [4.69, 9.17) is 0 Å². The maximum absolute atomic E-state index is 12.3. The number of thiazole rings is 1. The second-order valence-corrected chi connectivity index (χ2v) is 8.44. The average Bonchev–Trinajstić information content (AvgIpc) is 3.14. The van der Waals surface area contributed by atoms with Crippen LogP contribution in [-0.2, 0) is 11.3 Å². The fourth-order valence-electron chi connectivity index (χ4n) is 3.31. The van der Waals surface area contributed by atoms with Gasteiger partial charge in [0, 0.05) is 43.2 Å². The van der Waals surface area contributed by atoms with Crippen LogP contribution in [0, 0.1) is 0 Å². The predicted molar refractivity (Wildman–Crippen MR) is 131 cm³/mol. The molecular formula is C23H28N3O3S2+. The topological polar surface area (TPSA) is 76.7 Å². The van der Waals surface area contributed by atoms with Crippen molar-refractivity contribution in [1.29, 1.82) is 0 Å². The van der Waals surface area contributed by atoms with Crippen molar-refractivity contribution in [3.63, 3.8) is 0 Å². The number of aliphatic hydroxyl groups excluding tert-OH is 2. The number of benzene rings is 2. The molecule has 0 saturated carbocycles. The molecule has 0 spiro atoms. The molecule has 2 aromatic carbocycles. The summed E-state index contributed by atoms with van der Waals surface area (Å²) in [7, 11) is 0. The van der Waals surface area contributed by atoms with Crippen LogP contribution in [0.4, 0.5) is 5.69 Å². The van der Waals surface area contributed by atoms with Crippen molar-refractivity contribution < 1.29 is 19.6 Å².